The summed E-state index contributed by atoms with van der Waals surface area (Å²) in [6, 6.07) is 13.2. The Morgan fingerprint density at radius 1 is 1.14 bits per heavy atom. The molecular formula is C17H15BrFNS. The average Bonchev–Trinajstić information content (AvgIpc) is 2.81. The molecule has 0 aliphatic rings. The third-order valence-corrected chi connectivity index (χ3v) is 5.64. The van der Waals surface area contributed by atoms with Gasteiger partial charge in [0.25, 0.3) is 0 Å². The van der Waals surface area contributed by atoms with E-state index in [0.29, 0.717) is 5.39 Å². The van der Waals surface area contributed by atoms with Crippen LogP contribution < -0.4 is 5.32 Å². The van der Waals surface area contributed by atoms with Crippen LogP contribution >= 0.6 is 27.3 Å². The number of aryl methyl sites for hydroxylation is 1. The fourth-order valence-electron chi connectivity index (χ4n) is 2.66. The Kier molecular flexibility index (Phi) is 4.11. The summed E-state index contributed by atoms with van der Waals surface area (Å²) in [5, 5.41) is 4.98. The number of halogens is 2. The van der Waals surface area contributed by atoms with Gasteiger partial charge in [0.1, 0.15) is 5.82 Å². The van der Waals surface area contributed by atoms with Crippen molar-refractivity contribution in [3.63, 3.8) is 0 Å². The summed E-state index contributed by atoms with van der Waals surface area (Å²) in [7, 11) is 1.93. The molecule has 0 spiro atoms. The van der Waals surface area contributed by atoms with Gasteiger partial charge in [0, 0.05) is 19.6 Å². The third-order valence-electron chi connectivity index (χ3n) is 3.60. The molecule has 3 rings (SSSR count). The van der Waals surface area contributed by atoms with E-state index in [4.69, 9.17) is 0 Å². The zero-order chi connectivity index (χ0) is 15.0. The summed E-state index contributed by atoms with van der Waals surface area (Å²) in [5.74, 6) is -0.175. The van der Waals surface area contributed by atoms with Crippen LogP contribution in [0, 0.1) is 12.7 Å². The topological polar surface area (TPSA) is 12.0 Å². The van der Waals surface area contributed by atoms with Gasteiger partial charge in [-0.1, -0.05) is 30.3 Å². The molecule has 0 saturated carbocycles. The van der Waals surface area contributed by atoms with Crippen molar-refractivity contribution < 1.29 is 4.39 Å². The molecule has 2 aromatic carbocycles. The molecule has 4 heteroatoms. The maximum Gasteiger partial charge on any atom is 0.131 e. The van der Waals surface area contributed by atoms with Crippen LogP contribution in [0.2, 0.25) is 0 Å². The summed E-state index contributed by atoms with van der Waals surface area (Å²) >= 11 is 5.38. The maximum atomic E-state index is 14.0. The van der Waals surface area contributed by atoms with Crippen LogP contribution in [0.4, 0.5) is 4.39 Å². The first-order chi connectivity index (χ1) is 10.1. The highest BCUT2D eigenvalue weighted by Crippen LogP contribution is 2.38. The number of fused-ring (bicyclic) bond motifs is 1. The van der Waals surface area contributed by atoms with Gasteiger partial charge in [-0.15, -0.1) is 11.3 Å². The van der Waals surface area contributed by atoms with Crippen LogP contribution in [0.15, 0.2) is 46.9 Å². The van der Waals surface area contributed by atoms with E-state index in [1.165, 1.54) is 9.75 Å². The first kappa shape index (κ1) is 14.7. The number of thiophene rings is 1. The Bertz CT molecular complexity index is 797. The normalized spacial score (nSPS) is 12.8. The number of rotatable bonds is 3. The fraction of sp³-hybridized carbons (Fsp3) is 0.176. The minimum absolute atomic E-state index is 0.0450. The molecule has 21 heavy (non-hydrogen) atoms. The van der Waals surface area contributed by atoms with Gasteiger partial charge in [-0.05, 0) is 53.0 Å². The number of hydrogen-bond acceptors (Lipinski definition) is 2. The lowest BCUT2D eigenvalue weighted by molar-refractivity contribution is 0.637. The summed E-state index contributed by atoms with van der Waals surface area (Å²) in [5.41, 5.74) is 1.09. The van der Waals surface area contributed by atoms with Crippen LogP contribution in [0.25, 0.3) is 10.8 Å². The molecule has 0 fully saturated rings. The zero-order valence-corrected chi connectivity index (χ0v) is 14.2. The van der Waals surface area contributed by atoms with Crippen LogP contribution in [-0.2, 0) is 0 Å². The highest BCUT2D eigenvalue weighted by atomic mass is 79.9. The van der Waals surface area contributed by atoms with Gasteiger partial charge < -0.3 is 5.32 Å². The van der Waals surface area contributed by atoms with Gasteiger partial charge in [0.2, 0.25) is 0 Å². The van der Waals surface area contributed by atoms with Crippen molar-refractivity contribution in [1.29, 1.82) is 0 Å². The minimum atomic E-state index is -0.175. The second kappa shape index (κ2) is 5.87. The van der Waals surface area contributed by atoms with E-state index in [-0.39, 0.29) is 11.9 Å². The molecule has 1 atom stereocenters. The Balaban J connectivity index is 2.22. The Morgan fingerprint density at radius 3 is 2.48 bits per heavy atom. The van der Waals surface area contributed by atoms with Crippen molar-refractivity contribution in [3.05, 3.63) is 68.1 Å². The SMILES string of the molecule is CNC(c1sc(C)cc1Br)c1ccc(F)c2ccccc12. The molecule has 1 nitrogen and oxygen atoms in total. The summed E-state index contributed by atoms with van der Waals surface area (Å²) < 4.78 is 15.1. The molecule has 0 bridgehead atoms. The summed E-state index contributed by atoms with van der Waals surface area (Å²) in [6.07, 6.45) is 0. The first-order valence-corrected chi connectivity index (χ1v) is 8.33. The van der Waals surface area contributed by atoms with Gasteiger partial charge in [-0.2, -0.15) is 0 Å². The average molecular weight is 364 g/mol. The van der Waals surface area contributed by atoms with Crippen LogP contribution in [0.3, 0.4) is 0 Å². The highest BCUT2D eigenvalue weighted by Gasteiger charge is 2.20. The van der Waals surface area contributed by atoms with E-state index >= 15 is 0 Å². The zero-order valence-electron chi connectivity index (χ0n) is 11.8. The molecule has 1 heterocycles. The molecule has 0 aliphatic heterocycles. The monoisotopic (exact) mass is 363 g/mol. The van der Waals surface area contributed by atoms with Gasteiger partial charge in [-0.3, -0.25) is 0 Å². The van der Waals surface area contributed by atoms with Crippen molar-refractivity contribution >= 4 is 38.0 Å². The molecule has 0 radical (unpaired) electrons. The van der Waals surface area contributed by atoms with Gasteiger partial charge in [0.15, 0.2) is 0 Å². The van der Waals surface area contributed by atoms with Crippen molar-refractivity contribution in [2.24, 2.45) is 0 Å². The molecular weight excluding hydrogens is 349 g/mol. The largest absolute Gasteiger partial charge is 0.309 e. The van der Waals surface area contributed by atoms with Gasteiger partial charge in [-0.25, -0.2) is 4.39 Å². The van der Waals surface area contributed by atoms with Crippen molar-refractivity contribution in [3.8, 4) is 0 Å². The smallest absolute Gasteiger partial charge is 0.131 e. The summed E-state index contributed by atoms with van der Waals surface area (Å²) in [6.45, 7) is 2.09. The predicted molar refractivity (Wildman–Crippen MR) is 91.6 cm³/mol. The number of nitrogens with one attached hydrogen (secondary N) is 1. The van der Waals surface area contributed by atoms with Crippen LogP contribution in [-0.4, -0.2) is 7.05 Å². The van der Waals surface area contributed by atoms with E-state index in [0.717, 1.165) is 15.4 Å². The number of benzene rings is 2. The standard InChI is InChI=1S/C17H15BrFNS/c1-10-9-14(18)17(21-10)16(20-2)13-7-8-15(19)12-6-4-3-5-11(12)13/h3-9,16,20H,1-2H3. The van der Waals surface area contributed by atoms with Gasteiger partial charge in [0.05, 0.1) is 6.04 Å². The maximum absolute atomic E-state index is 14.0. The van der Waals surface area contributed by atoms with E-state index < -0.39 is 0 Å². The minimum Gasteiger partial charge on any atom is -0.309 e. The lowest BCUT2D eigenvalue weighted by Crippen LogP contribution is -2.17. The second-order valence-electron chi connectivity index (χ2n) is 4.97. The lowest BCUT2D eigenvalue weighted by atomic mass is 9.97. The predicted octanol–water partition coefficient (Wildman–Crippen LogP) is 5.42. The molecule has 1 N–H and O–H groups in total. The number of hydrogen-bond donors (Lipinski definition) is 1. The molecule has 1 aromatic heterocycles. The molecule has 1 unspecified atom stereocenters. The van der Waals surface area contributed by atoms with Crippen molar-refractivity contribution in [1.82, 2.24) is 5.32 Å². The van der Waals surface area contributed by atoms with Crippen LogP contribution in [0.1, 0.15) is 21.4 Å². The molecule has 3 aromatic rings. The van der Waals surface area contributed by atoms with Gasteiger partial charge >= 0.3 is 0 Å². The lowest BCUT2D eigenvalue weighted by Gasteiger charge is -2.18. The Labute approximate surface area is 135 Å². The second-order valence-corrected chi connectivity index (χ2v) is 7.12. The Morgan fingerprint density at radius 2 is 1.86 bits per heavy atom. The van der Waals surface area contributed by atoms with E-state index in [2.05, 4.69) is 34.2 Å². The van der Waals surface area contributed by atoms with E-state index in [1.54, 1.807) is 17.4 Å². The first-order valence-electron chi connectivity index (χ1n) is 6.72. The third kappa shape index (κ3) is 2.63. The van der Waals surface area contributed by atoms with E-state index in [1.807, 2.05) is 37.4 Å². The van der Waals surface area contributed by atoms with Crippen molar-refractivity contribution in [2.75, 3.05) is 7.05 Å². The fourth-order valence-corrected chi connectivity index (χ4v) is 4.67. The molecule has 108 valence electrons. The van der Waals surface area contributed by atoms with E-state index in [9.17, 15) is 4.39 Å². The molecule has 0 saturated heterocycles. The highest BCUT2D eigenvalue weighted by molar-refractivity contribution is 9.10. The molecule has 0 aliphatic carbocycles. The molecule has 0 amide bonds. The quantitative estimate of drug-likeness (QED) is 0.654. The van der Waals surface area contributed by atoms with Crippen LogP contribution in [0.5, 0.6) is 0 Å². The Hall–Kier alpha value is -1.23. The van der Waals surface area contributed by atoms with Crippen molar-refractivity contribution in [2.45, 2.75) is 13.0 Å². The summed E-state index contributed by atoms with van der Waals surface area (Å²) in [4.78, 5) is 2.47.